The summed E-state index contributed by atoms with van der Waals surface area (Å²) in [5.41, 5.74) is 4.67. The van der Waals surface area contributed by atoms with Crippen molar-refractivity contribution in [1.82, 2.24) is 24.8 Å². The molecule has 1 aliphatic rings. The van der Waals surface area contributed by atoms with Crippen LogP contribution in [0.5, 0.6) is 5.75 Å². The highest BCUT2D eigenvalue weighted by molar-refractivity contribution is 5.77. The van der Waals surface area contributed by atoms with Crippen molar-refractivity contribution in [2.45, 2.75) is 33.1 Å². The third-order valence-electron chi connectivity index (χ3n) is 6.77. The number of anilines is 5. The van der Waals surface area contributed by atoms with Gasteiger partial charge in [-0.3, -0.25) is 15.1 Å². The van der Waals surface area contributed by atoms with Crippen molar-refractivity contribution in [2.24, 2.45) is 0 Å². The number of benzene rings is 1. The van der Waals surface area contributed by atoms with Crippen LogP contribution < -0.4 is 19.9 Å². The van der Waals surface area contributed by atoms with Crippen LogP contribution in [0.25, 0.3) is 0 Å². The van der Waals surface area contributed by atoms with E-state index in [0.29, 0.717) is 36.2 Å². The van der Waals surface area contributed by atoms with Gasteiger partial charge in [0.1, 0.15) is 17.8 Å². The number of hydrogen-bond donors (Lipinski definition) is 1. The second kappa shape index (κ2) is 10.4. The van der Waals surface area contributed by atoms with E-state index in [0.717, 1.165) is 29.2 Å². The van der Waals surface area contributed by atoms with E-state index in [-0.39, 0.29) is 17.1 Å². The maximum atomic E-state index is 12.0. The smallest absolute Gasteiger partial charge is 0.294 e. The lowest BCUT2D eigenvalue weighted by atomic mass is 9.91. The lowest BCUT2D eigenvalue weighted by Crippen LogP contribution is -2.29. The molecule has 0 unspecified atom stereocenters. The van der Waals surface area contributed by atoms with Crippen molar-refractivity contribution >= 4 is 34.6 Å². The predicted octanol–water partition coefficient (Wildman–Crippen LogP) is 3.97. The zero-order valence-corrected chi connectivity index (χ0v) is 23.2. The van der Waals surface area contributed by atoms with Gasteiger partial charge in [-0.1, -0.05) is 13.8 Å². The number of nitro benzene ring substituents is 1. The summed E-state index contributed by atoms with van der Waals surface area (Å²) in [4.78, 5) is 35.7. The first-order chi connectivity index (χ1) is 17.9. The molecule has 0 bridgehead atoms. The molecule has 2 aromatic heterocycles. The number of nitro groups is 1. The van der Waals surface area contributed by atoms with Gasteiger partial charge in [-0.15, -0.1) is 0 Å². The Morgan fingerprint density at radius 2 is 1.87 bits per heavy atom. The molecule has 0 saturated heterocycles. The SMILES string of the molecule is COc1cc(N(C)CCN(C)C)c([N+](=O)[O-])cc1Nc1ncnc(N2CC(C)(C)c3nc(C)c(C)cc32)n1. The quantitative estimate of drug-likeness (QED) is 0.325. The number of aryl methyl sites for hydroxylation is 2. The number of nitrogens with zero attached hydrogens (tertiary/aromatic N) is 8. The van der Waals surface area contributed by atoms with Gasteiger partial charge in [0.15, 0.2) is 0 Å². The Balaban J connectivity index is 1.68. The minimum Gasteiger partial charge on any atom is -0.494 e. The standard InChI is InChI=1S/C26H35N9O3/c1-16-11-21-23(29-17(16)2)26(3,4)14-34(21)25-28-15-27-24(31-25)30-18-12-20(35(36)37)19(13-22(18)38-8)33(7)10-9-32(5)6/h11-13,15H,9-10,14H2,1-8H3,(H,27,28,30,31). The number of aromatic nitrogens is 4. The van der Waals surface area contributed by atoms with Gasteiger partial charge in [0.05, 0.1) is 29.1 Å². The van der Waals surface area contributed by atoms with Gasteiger partial charge in [-0.05, 0) is 39.6 Å². The molecule has 4 rings (SSSR count). The fourth-order valence-electron chi connectivity index (χ4n) is 4.47. The molecule has 0 radical (unpaired) electrons. The van der Waals surface area contributed by atoms with Crippen LogP contribution in [0.2, 0.25) is 0 Å². The van der Waals surface area contributed by atoms with Crippen LogP contribution in [-0.4, -0.2) is 77.6 Å². The number of hydrogen-bond acceptors (Lipinski definition) is 11. The number of fused-ring (bicyclic) bond motifs is 1. The maximum absolute atomic E-state index is 12.0. The van der Waals surface area contributed by atoms with E-state index < -0.39 is 4.92 Å². The number of pyridine rings is 1. The van der Waals surface area contributed by atoms with Crippen LogP contribution in [0.1, 0.15) is 30.8 Å². The Labute approximate surface area is 222 Å². The van der Waals surface area contributed by atoms with Gasteiger partial charge in [0.25, 0.3) is 5.69 Å². The molecule has 0 spiro atoms. The highest BCUT2D eigenvalue weighted by atomic mass is 16.6. The number of ether oxygens (including phenoxy) is 1. The molecule has 38 heavy (non-hydrogen) atoms. The molecule has 0 saturated carbocycles. The van der Waals surface area contributed by atoms with Crippen LogP contribution >= 0.6 is 0 Å². The first-order valence-corrected chi connectivity index (χ1v) is 12.4. The molecular weight excluding hydrogens is 486 g/mol. The second-order valence-corrected chi connectivity index (χ2v) is 10.5. The summed E-state index contributed by atoms with van der Waals surface area (Å²) in [5, 5.41) is 15.1. The molecular formula is C26H35N9O3. The molecule has 3 heterocycles. The van der Waals surface area contributed by atoms with E-state index in [4.69, 9.17) is 9.72 Å². The molecule has 0 amide bonds. The number of nitrogens with one attached hydrogen (secondary N) is 1. The summed E-state index contributed by atoms with van der Waals surface area (Å²) < 4.78 is 5.58. The van der Waals surface area contributed by atoms with E-state index in [2.05, 4.69) is 40.2 Å². The van der Waals surface area contributed by atoms with Gasteiger partial charge >= 0.3 is 0 Å². The zero-order chi connectivity index (χ0) is 27.8. The molecule has 202 valence electrons. The Morgan fingerprint density at radius 1 is 1.13 bits per heavy atom. The Bertz CT molecular complexity index is 1360. The molecule has 3 aromatic rings. The third kappa shape index (κ3) is 5.30. The lowest BCUT2D eigenvalue weighted by molar-refractivity contribution is -0.384. The van der Waals surface area contributed by atoms with Gasteiger partial charge in [0.2, 0.25) is 11.9 Å². The first-order valence-electron chi connectivity index (χ1n) is 12.4. The summed E-state index contributed by atoms with van der Waals surface area (Å²) in [5.74, 6) is 1.15. The van der Waals surface area contributed by atoms with Crippen molar-refractivity contribution in [1.29, 1.82) is 0 Å². The summed E-state index contributed by atoms with van der Waals surface area (Å²) in [6.45, 7) is 10.4. The second-order valence-electron chi connectivity index (χ2n) is 10.5. The molecule has 0 aliphatic carbocycles. The first kappa shape index (κ1) is 27.0. The summed E-state index contributed by atoms with van der Waals surface area (Å²) in [6.07, 6.45) is 1.43. The lowest BCUT2D eigenvalue weighted by Gasteiger charge is -2.23. The number of rotatable bonds is 9. The highest BCUT2D eigenvalue weighted by Gasteiger charge is 2.39. The number of likely N-dealkylation sites (N-methyl/N-ethyl adjacent to an activating group) is 2. The molecule has 0 atom stereocenters. The van der Waals surface area contributed by atoms with Crippen LogP contribution in [0, 0.1) is 24.0 Å². The molecule has 12 nitrogen and oxygen atoms in total. The number of methoxy groups -OCH3 is 1. The van der Waals surface area contributed by atoms with Crippen LogP contribution in [0.3, 0.4) is 0 Å². The van der Waals surface area contributed by atoms with E-state index in [9.17, 15) is 10.1 Å². The van der Waals surface area contributed by atoms with Crippen LogP contribution in [-0.2, 0) is 5.41 Å². The third-order valence-corrected chi connectivity index (χ3v) is 6.77. The molecule has 1 aliphatic heterocycles. The largest absolute Gasteiger partial charge is 0.494 e. The van der Waals surface area contributed by atoms with Crippen LogP contribution in [0.15, 0.2) is 24.5 Å². The fraction of sp³-hybridized carbons (Fsp3) is 0.462. The van der Waals surface area contributed by atoms with Gasteiger partial charge in [-0.2, -0.15) is 4.98 Å². The van der Waals surface area contributed by atoms with Gasteiger partial charge < -0.3 is 24.8 Å². The Kier molecular flexibility index (Phi) is 7.36. The van der Waals surface area contributed by atoms with Gasteiger partial charge in [-0.25, -0.2) is 9.97 Å². The topological polar surface area (TPSA) is 126 Å². The fourth-order valence-corrected chi connectivity index (χ4v) is 4.47. The summed E-state index contributed by atoms with van der Waals surface area (Å²) in [7, 11) is 7.26. The monoisotopic (exact) mass is 521 g/mol. The Morgan fingerprint density at radius 3 is 2.53 bits per heavy atom. The molecule has 0 fully saturated rings. The van der Waals surface area contributed by atoms with E-state index in [1.54, 1.807) is 6.07 Å². The minimum atomic E-state index is -0.397. The van der Waals surface area contributed by atoms with E-state index in [1.807, 2.05) is 49.7 Å². The predicted molar refractivity (Wildman–Crippen MR) is 148 cm³/mol. The summed E-state index contributed by atoms with van der Waals surface area (Å²) in [6, 6.07) is 5.23. The van der Waals surface area contributed by atoms with Crippen molar-refractivity contribution in [3.05, 3.63) is 51.6 Å². The normalized spacial score (nSPS) is 14.0. The summed E-state index contributed by atoms with van der Waals surface area (Å²) >= 11 is 0. The van der Waals surface area contributed by atoms with Crippen molar-refractivity contribution in [3.8, 4) is 5.75 Å². The van der Waals surface area contributed by atoms with Crippen molar-refractivity contribution in [2.75, 3.05) is 63.0 Å². The highest BCUT2D eigenvalue weighted by Crippen LogP contribution is 2.43. The Hall–Kier alpha value is -4.06. The van der Waals surface area contributed by atoms with Crippen molar-refractivity contribution < 1.29 is 9.66 Å². The minimum absolute atomic E-state index is 0.0454. The maximum Gasteiger partial charge on any atom is 0.294 e. The van der Waals surface area contributed by atoms with E-state index >= 15 is 0 Å². The van der Waals surface area contributed by atoms with Crippen molar-refractivity contribution in [3.63, 3.8) is 0 Å². The average molecular weight is 522 g/mol. The molecule has 1 aromatic carbocycles. The molecule has 1 N–H and O–H groups in total. The zero-order valence-electron chi connectivity index (χ0n) is 23.2. The molecule has 12 heteroatoms. The van der Waals surface area contributed by atoms with Crippen LogP contribution in [0.4, 0.5) is 34.6 Å². The van der Waals surface area contributed by atoms with E-state index in [1.165, 1.54) is 19.5 Å². The van der Waals surface area contributed by atoms with Gasteiger partial charge in [0, 0.05) is 49.9 Å². The average Bonchev–Trinajstić information content (AvgIpc) is 3.12.